The Morgan fingerprint density at radius 1 is 1.60 bits per heavy atom. The molecule has 2 heterocycles. The summed E-state index contributed by atoms with van der Waals surface area (Å²) in [6, 6.07) is 2.16. The Morgan fingerprint density at radius 3 is 2.95 bits per heavy atom. The van der Waals surface area contributed by atoms with E-state index >= 15 is 0 Å². The number of rotatable bonds is 4. The van der Waals surface area contributed by atoms with Crippen molar-refractivity contribution in [3.63, 3.8) is 0 Å². The molecule has 1 atom stereocenters. The van der Waals surface area contributed by atoms with Gasteiger partial charge in [0, 0.05) is 38.0 Å². The maximum Gasteiger partial charge on any atom is 0.193 e. The van der Waals surface area contributed by atoms with Crippen LogP contribution in [0, 0.1) is 12.8 Å². The zero-order valence-corrected chi connectivity index (χ0v) is 15.5. The highest BCUT2D eigenvalue weighted by molar-refractivity contribution is 14.0. The fraction of sp³-hybridized carbons (Fsp3) is 0.643. The molecule has 1 unspecified atom stereocenters. The van der Waals surface area contributed by atoms with E-state index < -0.39 is 0 Å². The first-order valence-corrected chi connectivity index (χ1v) is 7.61. The van der Waals surface area contributed by atoms with Crippen LogP contribution in [-0.4, -0.2) is 44.7 Å². The van der Waals surface area contributed by atoms with Gasteiger partial charge in [0.2, 0.25) is 0 Å². The molecule has 0 spiro atoms. The van der Waals surface area contributed by atoms with Crippen molar-refractivity contribution in [2.45, 2.75) is 19.9 Å². The summed E-state index contributed by atoms with van der Waals surface area (Å²) in [5.41, 5.74) is 1.35. The quantitative estimate of drug-likeness (QED) is 0.472. The minimum Gasteiger partial charge on any atom is -0.381 e. The molecule has 1 saturated heterocycles. The van der Waals surface area contributed by atoms with E-state index in [0.717, 1.165) is 38.7 Å². The lowest BCUT2D eigenvalue weighted by molar-refractivity contribution is 0.181. The van der Waals surface area contributed by atoms with Crippen LogP contribution in [0.15, 0.2) is 16.4 Å². The number of guanidine groups is 1. The fourth-order valence-electron chi connectivity index (χ4n) is 2.33. The highest BCUT2D eigenvalue weighted by Crippen LogP contribution is 2.16. The van der Waals surface area contributed by atoms with E-state index in [1.165, 1.54) is 10.4 Å². The van der Waals surface area contributed by atoms with Gasteiger partial charge >= 0.3 is 0 Å². The number of nitrogens with zero attached hydrogens (tertiary/aromatic N) is 2. The Morgan fingerprint density at radius 2 is 2.40 bits per heavy atom. The van der Waals surface area contributed by atoms with Crippen molar-refractivity contribution < 1.29 is 4.74 Å². The first kappa shape index (κ1) is 17.7. The second-order valence-corrected chi connectivity index (χ2v) is 6.04. The van der Waals surface area contributed by atoms with E-state index in [4.69, 9.17) is 4.74 Å². The summed E-state index contributed by atoms with van der Waals surface area (Å²) < 4.78 is 5.42. The molecule has 0 aromatic carbocycles. The first-order chi connectivity index (χ1) is 9.20. The highest BCUT2D eigenvalue weighted by atomic mass is 127. The van der Waals surface area contributed by atoms with Gasteiger partial charge in [-0.25, -0.2) is 0 Å². The Bertz CT molecular complexity index is 430. The van der Waals surface area contributed by atoms with Crippen molar-refractivity contribution >= 4 is 41.3 Å². The van der Waals surface area contributed by atoms with Crippen LogP contribution in [0.2, 0.25) is 0 Å². The second kappa shape index (κ2) is 8.84. The molecule has 0 amide bonds. The zero-order valence-electron chi connectivity index (χ0n) is 12.4. The molecular formula is C14H24IN3OS. The largest absolute Gasteiger partial charge is 0.381 e. The maximum absolute atomic E-state index is 5.42. The fourth-order valence-corrected chi connectivity index (χ4v) is 3.18. The molecule has 1 fully saturated rings. The summed E-state index contributed by atoms with van der Waals surface area (Å²) >= 11 is 1.79. The van der Waals surface area contributed by atoms with Crippen molar-refractivity contribution in [2.24, 2.45) is 10.9 Å². The molecule has 20 heavy (non-hydrogen) atoms. The predicted octanol–water partition coefficient (Wildman–Crippen LogP) is 2.72. The third-order valence-electron chi connectivity index (χ3n) is 3.50. The third kappa shape index (κ3) is 4.89. The second-order valence-electron chi connectivity index (χ2n) is 5.04. The minimum atomic E-state index is 0. The van der Waals surface area contributed by atoms with Crippen LogP contribution >= 0.6 is 35.3 Å². The van der Waals surface area contributed by atoms with Crippen molar-refractivity contribution in [3.05, 3.63) is 21.9 Å². The van der Waals surface area contributed by atoms with E-state index in [1.807, 2.05) is 7.05 Å². The molecule has 2 rings (SSSR count). The molecule has 6 heteroatoms. The summed E-state index contributed by atoms with van der Waals surface area (Å²) in [6.45, 7) is 5.78. The topological polar surface area (TPSA) is 36.9 Å². The molecule has 1 N–H and O–H groups in total. The van der Waals surface area contributed by atoms with E-state index in [9.17, 15) is 0 Å². The third-order valence-corrected chi connectivity index (χ3v) is 4.53. The van der Waals surface area contributed by atoms with Gasteiger partial charge in [-0.1, -0.05) is 0 Å². The van der Waals surface area contributed by atoms with Crippen molar-refractivity contribution in [1.82, 2.24) is 10.2 Å². The van der Waals surface area contributed by atoms with Gasteiger partial charge in [-0.05, 0) is 30.4 Å². The number of thiophene rings is 1. The van der Waals surface area contributed by atoms with Crippen LogP contribution in [0.5, 0.6) is 0 Å². The minimum absolute atomic E-state index is 0. The van der Waals surface area contributed by atoms with Gasteiger partial charge in [0.25, 0.3) is 0 Å². The van der Waals surface area contributed by atoms with Crippen molar-refractivity contribution in [1.29, 1.82) is 0 Å². The molecular weight excluding hydrogens is 385 g/mol. The van der Waals surface area contributed by atoms with Crippen molar-refractivity contribution in [2.75, 3.05) is 33.9 Å². The molecule has 0 radical (unpaired) electrons. The summed E-state index contributed by atoms with van der Waals surface area (Å²) in [6.07, 6.45) is 1.16. The SMILES string of the molecule is CN=C(NCc1sccc1C)N(C)CC1CCOC1.I. The normalized spacial score (nSPS) is 18.8. The lowest BCUT2D eigenvalue weighted by Crippen LogP contribution is -2.41. The lowest BCUT2D eigenvalue weighted by atomic mass is 10.1. The van der Waals surface area contributed by atoms with Gasteiger partial charge in [-0.3, -0.25) is 4.99 Å². The summed E-state index contributed by atoms with van der Waals surface area (Å²) in [5.74, 6) is 1.59. The van der Waals surface area contributed by atoms with E-state index in [-0.39, 0.29) is 24.0 Å². The molecule has 0 saturated carbocycles. The van der Waals surface area contributed by atoms with Crippen LogP contribution in [0.1, 0.15) is 16.9 Å². The average Bonchev–Trinajstić information content (AvgIpc) is 3.02. The number of aryl methyl sites for hydroxylation is 1. The molecule has 4 nitrogen and oxygen atoms in total. The van der Waals surface area contributed by atoms with E-state index in [0.29, 0.717) is 5.92 Å². The molecule has 1 aliphatic rings. The number of nitrogens with one attached hydrogen (secondary N) is 1. The lowest BCUT2D eigenvalue weighted by Gasteiger charge is -2.24. The monoisotopic (exact) mass is 409 g/mol. The van der Waals surface area contributed by atoms with Gasteiger partial charge in [0.1, 0.15) is 0 Å². The Kier molecular flexibility index (Phi) is 7.83. The van der Waals surface area contributed by atoms with Crippen LogP contribution in [0.25, 0.3) is 0 Å². The smallest absolute Gasteiger partial charge is 0.193 e. The van der Waals surface area contributed by atoms with Gasteiger partial charge in [-0.15, -0.1) is 35.3 Å². The predicted molar refractivity (Wildman–Crippen MR) is 96.2 cm³/mol. The van der Waals surface area contributed by atoms with E-state index in [1.54, 1.807) is 11.3 Å². The molecule has 1 aromatic heterocycles. The zero-order chi connectivity index (χ0) is 13.7. The molecule has 0 aliphatic carbocycles. The standard InChI is InChI=1S/C14H23N3OS.HI/c1-11-5-7-19-13(11)8-16-14(15-2)17(3)9-12-4-6-18-10-12;/h5,7,12H,4,6,8-10H2,1-3H3,(H,15,16);1H. The number of hydrogen-bond donors (Lipinski definition) is 1. The van der Waals surface area contributed by atoms with E-state index in [2.05, 4.69) is 40.6 Å². The average molecular weight is 409 g/mol. The number of aliphatic imine (C=N–C) groups is 1. The Labute approximate surface area is 142 Å². The first-order valence-electron chi connectivity index (χ1n) is 6.73. The van der Waals surface area contributed by atoms with Gasteiger partial charge in [0.15, 0.2) is 5.96 Å². The summed E-state index contributed by atoms with van der Waals surface area (Å²) in [4.78, 5) is 7.92. The molecule has 1 aromatic rings. The maximum atomic E-state index is 5.42. The molecule has 1 aliphatic heterocycles. The number of ether oxygens (including phenoxy) is 1. The van der Waals surface area contributed by atoms with Crippen LogP contribution < -0.4 is 5.32 Å². The Hall–Kier alpha value is -0.340. The van der Waals surface area contributed by atoms with Crippen LogP contribution in [-0.2, 0) is 11.3 Å². The van der Waals surface area contributed by atoms with Crippen LogP contribution in [0.4, 0.5) is 0 Å². The number of hydrogen-bond acceptors (Lipinski definition) is 3. The van der Waals surface area contributed by atoms with Crippen molar-refractivity contribution in [3.8, 4) is 0 Å². The van der Waals surface area contributed by atoms with Gasteiger partial charge in [0.05, 0.1) is 13.2 Å². The van der Waals surface area contributed by atoms with Crippen LogP contribution in [0.3, 0.4) is 0 Å². The number of halogens is 1. The molecule has 0 bridgehead atoms. The van der Waals surface area contributed by atoms with Gasteiger partial charge in [-0.2, -0.15) is 0 Å². The highest BCUT2D eigenvalue weighted by Gasteiger charge is 2.19. The Balaban J connectivity index is 0.00000200. The van der Waals surface area contributed by atoms with Gasteiger partial charge < -0.3 is 15.0 Å². The summed E-state index contributed by atoms with van der Waals surface area (Å²) in [5, 5.41) is 5.57. The molecule has 114 valence electrons. The summed E-state index contributed by atoms with van der Waals surface area (Å²) in [7, 11) is 3.93.